The van der Waals surface area contributed by atoms with Gasteiger partial charge >= 0.3 is 0 Å². The smallest absolute Gasteiger partial charge is 0.0672 e. The van der Waals surface area contributed by atoms with E-state index in [-0.39, 0.29) is 0 Å². The lowest BCUT2D eigenvalue weighted by Gasteiger charge is -2.13. The number of rotatable bonds is 6. The van der Waals surface area contributed by atoms with Crippen LogP contribution in [0.25, 0.3) is 0 Å². The lowest BCUT2D eigenvalue weighted by Crippen LogP contribution is -2.15. The molecule has 1 N–H and O–H groups in total. The van der Waals surface area contributed by atoms with Crippen LogP contribution in [0.4, 0.5) is 0 Å². The van der Waals surface area contributed by atoms with E-state index in [4.69, 9.17) is 16.7 Å². The average molecular weight is 306 g/mol. The summed E-state index contributed by atoms with van der Waals surface area (Å²) < 4.78 is 2.13. The highest BCUT2D eigenvalue weighted by molar-refractivity contribution is 6.30. The van der Waals surface area contributed by atoms with Gasteiger partial charge in [-0.3, -0.25) is 4.68 Å². The van der Waals surface area contributed by atoms with Crippen LogP contribution in [-0.2, 0) is 19.4 Å². The minimum Gasteiger partial charge on any atom is -0.313 e. The standard InChI is InChI=1S/C17H24ClN3/c1-5-15-17(12(3)19-4)16(6-2)21(20-15)11-13-8-7-9-14(18)10-13/h7-10,12,19H,5-6,11H2,1-4H3. The van der Waals surface area contributed by atoms with Crippen molar-refractivity contribution in [1.29, 1.82) is 0 Å². The highest BCUT2D eigenvalue weighted by Crippen LogP contribution is 2.24. The van der Waals surface area contributed by atoms with Crippen LogP contribution in [0.15, 0.2) is 24.3 Å². The van der Waals surface area contributed by atoms with Gasteiger partial charge in [0.1, 0.15) is 0 Å². The molecule has 0 aliphatic heterocycles. The Morgan fingerprint density at radius 2 is 2.05 bits per heavy atom. The zero-order valence-electron chi connectivity index (χ0n) is 13.3. The molecule has 0 radical (unpaired) electrons. The summed E-state index contributed by atoms with van der Waals surface area (Å²) in [6.07, 6.45) is 1.94. The van der Waals surface area contributed by atoms with Crippen molar-refractivity contribution in [3.05, 3.63) is 51.8 Å². The molecule has 0 aliphatic rings. The SMILES string of the molecule is CCc1nn(Cc2cccc(Cl)c2)c(CC)c1C(C)NC. The number of nitrogens with one attached hydrogen (secondary N) is 1. The minimum absolute atomic E-state index is 0.322. The first kappa shape index (κ1) is 16.1. The summed E-state index contributed by atoms with van der Waals surface area (Å²) >= 11 is 6.08. The molecule has 114 valence electrons. The van der Waals surface area contributed by atoms with E-state index in [1.165, 1.54) is 22.5 Å². The van der Waals surface area contributed by atoms with Crippen molar-refractivity contribution in [3.63, 3.8) is 0 Å². The van der Waals surface area contributed by atoms with Gasteiger partial charge in [0, 0.05) is 22.3 Å². The fourth-order valence-corrected chi connectivity index (χ4v) is 3.00. The maximum absolute atomic E-state index is 6.08. The van der Waals surface area contributed by atoms with Gasteiger partial charge < -0.3 is 5.32 Å². The summed E-state index contributed by atoms with van der Waals surface area (Å²) in [7, 11) is 2.00. The van der Waals surface area contributed by atoms with Gasteiger partial charge in [0.2, 0.25) is 0 Å². The van der Waals surface area contributed by atoms with Crippen molar-refractivity contribution in [2.45, 2.75) is 46.2 Å². The van der Waals surface area contributed by atoms with E-state index in [1.54, 1.807) is 0 Å². The van der Waals surface area contributed by atoms with Crippen LogP contribution in [0.1, 0.15) is 49.3 Å². The van der Waals surface area contributed by atoms with E-state index < -0.39 is 0 Å². The third-order valence-electron chi connectivity index (χ3n) is 3.93. The second-order valence-electron chi connectivity index (χ2n) is 5.31. The number of aromatic nitrogens is 2. The molecule has 0 saturated carbocycles. The van der Waals surface area contributed by atoms with Crippen LogP contribution in [-0.4, -0.2) is 16.8 Å². The molecule has 0 bridgehead atoms. The number of hydrogen-bond donors (Lipinski definition) is 1. The number of aryl methyl sites for hydroxylation is 1. The Balaban J connectivity index is 2.41. The lowest BCUT2D eigenvalue weighted by molar-refractivity contribution is 0.620. The molecule has 0 fully saturated rings. The highest BCUT2D eigenvalue weighted by atomic mass is 35.5. The monoisotopic (exact) mass is 305 g/mol. The van der Waals surface area contributed by atoms with E-state index in [1.807, 2.05) is 25.2 Å². The quantitative estimate of drug-likeness (QED) is 0.874. The summed E-state index contributed by atoms with van der Waals surface area (Å²) in [5, 5.41) is 8.94. The Hall–Kier alpha value is -1.32. The molecule has 0 amide bonds. The number of nitrogens with zero attached hydrogens (tertiary/aromatic N) is 2. The maximum atomic E-state index is 6.08. The first-order valence-corrected chi connectivity index (χ1v) is 7.98. The summed E-state index contributed by atoms with van der Waals surface area (Å²) in [6, 6.07) is 8.32. The van der Waals surface area contributed by atoms with Gasteiger partial charge in [-0.05, 0) is 44.5 Å². The number of benzene rings is 1. The van der Waals surface area contributed by atoms with E-state index in [0.717, 1.165) is 24.4 Å². The lowest BCUT2D eigenvalue weighted by atomic mass is 10.0. The summed E-state index contributed by atoms with van der Waals surface area (Å²) in [5.74, 6) is 0. The van der Waals surface area contributed by atoms with Crippen LogP contribution in [0.5, 0.6) is 0 Å². The first-order valence-electron chi connectivity index (χ1n) is 7.60. The third kappa shape index (κ3) is 3.47. The fourth-order valence-electron chi connectivity index (χ4n) is 2.78. The van der Waals surface area contributed by atoms with Crippen LogP contribution in [0.3, 0.4) is 0 Å². The molecule has 2 rings (SSSR count). The Kier molecular flexibility index (Phi) is 5.43. The van der Waals surface area contributed by atoms with Gasteiger partial charge in [-0.15, -0.1) is 0 Å². The normalized spacial score (nSPS) is 12.6. The molecule has 1 aromatic carbocycles. The zero-order valence-corrected chi connectivity index (χ0v) is 14.0. The van der Waals surface area contributed by atoms with Gasteiger partial charge in [0.25, 0.3) is 0 Å². The predicted molar refractivity (Wildman–Crippen MR) is 89.0 cm³/mol. The highest BCUT2D eigenvalue weighted by Gasteiger charge is 2.19. The topological polar surface area (TPSA) is 29.9 Å². The van der Waals surface area contributed by atoms with Crippen LogP contribution in [0, 0.1) is 0 Å². The molecule has 1 heterocycles. The molecular weight excluding hydrogens is 282 g/mol. The minimum atomic E-state index is 0.322. The Labute approximate surface area is 132 Å². The molecule has 2 aromatic rings. The van der Waals surface area contributed by atoms with Crippen LogP contribution in [0.2, 0.25) is 5.02 Å². The molecule has 0 spiro atoms. The van der Waals surface area contributed by atoms with E-state index in [9.17, 15) is 0 Å². The summed E-state index contributed by atoms with van der Waals surface area (Å²) in [4.78, 5) is 0. The molecule has 21 heavy (non-hydrogen) atoms. The Bertz CT molecular complexity index is 604. The van der Waals surface area contributed by atoms with E-state index in [0.29, 0.717) is 6.04 Å². The maximum Gasteiger partial charge on any atom is 0.0672 e. The Morgan fingerprint density at radius 3 is 2.62 bits per heavy atom. The van der Waals surface area contributed by atoms with Gasteiger partial charge in [-0.25, -0.2) is 0 Å². The van der Waals surface area contributed by atoms with Crippen LogP contribution < -0.4 is 5.32 Å². The van der Waals surface area contributed by atoms with E-state index in [2.05, 4.69) is 36.8 Å². The Morgan fingerprint density at radius 1 is 1.29 bits per heavy atom. The predicted octanol–water partition coefficient (Wildman–Crippen LogP) is 3.99. The van der Waals surface area contributed by atoms with Gasteiger partial charge in [-0.1, -0.05) is 37.6 Å². The molecule has 0 aliphatic carbocycles. The van der Waals surface area contributed by atoms with Gasteiger partial charge in [0.05, 0.1) is 12.2 Å². The van der Waals surface area contributed by atoms with Crippen molar-refractivity contribution in [2.75, 3.05) is 7.05 Å². The average Bonchev–Trinajstić information content (AvgIpc) is 2.83. The van der Waals surface area contributed by atoms with E-state index >= 15 is 0 Å². The molecule has 1 atom stereocenters. The molecule has 1 unspecified atom stereocenters. The summed E-state index contributed by atoms with van der Waals surface area (Å²) in [6.45, 7) is 7.32. The zero-order chi connectivity index (χ0) is 15.4. The molecule has 4 heteroatoms. The molecule has 0 saturated heterocycles. The number of hydrogen-bond acceptors (Lipinski definition) is 2. The van der Waals surface area contributed by atoms with Crippen molar-refractivity contribution >= 4 is 11.6 Å². The van der Waals surface area contributed by atoms with Crippen molar-refractivity contribution in [3.8, 4) is 0 Å². The second-order valence-corrected chi connectivity index (χ2v) is 5.75. The second kappa shape index (κ2) is 7.10. The number of halogens is 1. The molecule has 1 aromatic heterocycles. The largest absolute Gasteiger partial charge is 0.313 e. The van der Waals surface area contributed by atoms with Gasteiger partial charge in [-0.2, -0.15) is 5.10 Å². The molecular formula is C17H24ClN3. The van der Waals surface area contributed by atoms with Crippen molar-refractivity contribution < 1.29 is 0 Å². The molecule has 3 nitrogen and oxygen atoms in total. The van der Waals surface area contributed by atoms with Gasteiger partial charge in [0.15, 0.2) is 0 Å². The fraction of sp³-hybridized carbons (Fsp3) is 0.471. The van der Waals surface area contributed by atoms with Crippen molar-refractivity contribution in [2.24, 2.45) is 0 Å². The van der Waals surface area contributed by atoms with Crippen LogP contribution >= 0.6 is 11.6 Å². The third-order valence-corrected chi connectivity index (χ3v) is 4.17. The first-order chi connectivity index (χ1) is 10.1. The summed E-state index contributed by atoms with van der Waals surface area (Å²) in [5.41, 5.74) is 5.04. The van der Waals surface area contributed by atoms with Crippen molar-refractivity contribution in [1.82, 2.24) is 15.1 Å².